The summed E-state index contributed by atoms with van der Waals surface area (Å²) in [5, 5.41) is 30.2. The molecule has 0 radical (unpaired) electrons. The van der Waals surface area contributed by atoms with Crippen LogP contribution in [0.4, 0.5) is 4.79 Å². The molecule has 0 unspecified atom stereocenters. The van der Waals surface area contributed by atoms with E-state index in [2.05, 4.69) is 5.32 Å². The zero-order valence-electron chi connectivity index (χ0n) is 11.5. The molecule has 0 aromatic rings. The third-order valence-corrected chi connectivity index (χ3v) is 3.32. The maximum Gasteiger partial charge on any atom is 0.326 e. The quantitative estimate of drug-likeness (QED) is 0.498. The van der Waals surface area contributed by atoms with Crippen molar-refractivity contribution in [1.29, 1.82) is 0 Å². The Bertz CT molecular complexity index is 343. The van der Waals surface area contributed by atoms with Crippen LogP contribution in [0.15, 0.2) is 0 Å². The number of carbonyl (C=O) groups excluding carboxylic acids is 1. The van der Waals surface area contributed by atoms with E-state index >= 15 is 0 Å². The fourth-order valence-electron chi connectivity index (χ4n) is 2.07. The summed E-state index contributed by atoms with van der Waals surface area (Å²) in [7, 11) is 1.49. The summed E-state index contributed by atoms with van der Waals surface area (Å²) in [5.41, 5.74) is -1.000. The van der Waals surface area contributed by atoms with Crippen molar-refractivity contribution < 1.29 is 29.6 Å². The van der Waals surface area contributed by atoms with E-state index in [1.54, 1.807) is 0 Å². The molecular formula is C12H22N2O6. The van der Waals surface area contributed by atoms with Gasteiger partial charge in [0.2, 0.25) is 0 Å². The fraction of sp³-hybridized carbons (Fsp3) is 0.833. The minimum Gasteiger partial charge on any atom is -0.480 e. The van der Waals surface area contributed by atoms with E-state index in [9.17, 15) is 14.7 Å². The van der Waals surface area contributed by atoms with Crippen molar-refractivity contribution >= 4 is 12.0 Å². The fourth-order valence-corrected chi connectivity index (χ4v) is 2.07. The van der Waals surface area contributed by atoms with Gasteiger partial charge in [0.25, 0.3) is 0 Å². The minimum absolute atomic E-state index is 0.0625. The van der Waals surface area contributed by atoms with Crippen molar-refractivity contribution in [2.75, 3.05) is 33.4 Å². The standard InChI is InChI=1S/C12H22N2O6/c1-14(8-12(19)3-6-20-7-4-12)11(18)13-9(2-5-15)10(16)17/h9,15,19H,2-8H2,1H3,(H,13,18)(H,16,17)/t9-/m0/s1. The Balaban J connectivity index is 2.51. The average molecular weight is 290 g/mol. The summed E-state index contributed by atoms with van der Waals surface area (Å²) in [6.45, 7) is 0.651. The van der Waals surface area contributed by atoms with Gasteiger partial charge in [-0.2, -0.15) is 0 Å². The predicted octanol–water partition coefficient (Wildman–Crippen LogP) is -0.995. The molecule has 0 aromatic heterocycles. The number of amides is 2. The van der Waals surface area contributed by atoms with Gasteiger partial charge in [0.05, 0.1) is 12.1 Å². The first-order chi connectivity index (χ1) is 9.38. The number of aliphatic carboxylic acids is 1. The summed E-state index contributed by atoms with van der Waals surface area (Å²) in [6.07, 6.45) is 0.806. The van der Waals surface area contributed by atoms with Gasteiger partial charge in [-0.15, -0.1) is 0 Å². The Kier molecular flexibility index (Phi) is 6.18. The number of carboxylic acids is 1. The van der Waals surface area contributed by atoms with Gasteiger partial charge < -0.3 is 30.3 Å². The number of nitrogens with zero attached hydrogens (tertiary/aromatic N) is 1. The molecule has 0 aromatic carbocycles. The number of carboxylic acid groups (broad SMARTS) is 1. The molecule has 1 fully saturated rings. The normalized spacial score (nSPS) is 19.1. The molecule has 1 aliphatic rings. The number of hydrogen-bond donors (Lipinski definition) is 4. The monoisotopic (exact) mass is 290 g/mol. The highest BCUT2D eigenvalue weighted by Gasteiger charge is 2.33. The molecular weight excluding hydrogens is 268 g/mol. The predicted molar refractivity (Wildman–Crippen MR) is 69.3 cm³/mol. The number of aliphatic hydroxyl groups excluding tert-OH is 1. The second-order valence-electron chi connectivity index (χ2n) is 5.05. The molecule has 0 spiro atoms. The molecule has 0 aliphatic carbocycles. The van der Waals surface area contributed by atoms with Crippen molar-refractivity contribution in [2.24, 2.45) is 0 Å². The zero-order valence-corrected chi connectivity index (χ0v) is 11.5. The second-order valence-corrected chi connectivity index (χ2v) is 5.05. The van der Waals surface area contributed by atoms with E-state index in [4.69, 9.17) is 14.9 Å². The van der Waals surface area contributed by atoms with Crippen molar-refractivity contribution in [3.8, 4) is 0 Å². The molecule has 1 saturated heterocycles. The number of aliphatic hydroxyl groups is 2. The van der Waals surface area contributed by atoms with Crippen LogP contribution in [0.1, 0.15) is 19.3 Å². The Labute approximate surface area is 117 Å². The number of hydrogen-bond acceptors (Lipinski definition) is 5. The third kappa shape index (κ3) is 4.95. The van der Waals surface area contributed by atoms with Crippen molar-refractivity contribution in [1.82, 2.24) is 10.2 Å². The topological polar surface area (TPSA) is 119 Å². The van der Waals surface area contributed by atoms with Crippen molar-refractivity contribution in [2.45, 2.75) is 30.9 Å². The minimum atomic E-state index is -1.20. The van der Waals surface area contributed by atoms with E-state index in [1.807, 2.05) is 0 Å². The average Bonchev–Trinajstić information content (AvgIpc) is 2.38. The summed E-state index contributed by atoms with van der Waals surface area (Å²) in [5.74, 6) is -1.20. The van der Waals surface area contributed by atoms with E-state index < -0.39 is 23.6 Å². The Morgan fingerprint density at radius 2 is 2.00 bits per heavy atom. The maximum absolute atomic E-state index is 11.9. The molecule has 116 valence electrons. The van der Waals surface area contributed by atoms with Crippen LogP contribution in [-0.2, 0) is 9.53 Å². The lowest BCUT2D eigenvalue weighted by molar-refractivity contribution is -0.139. The van der Waals surface area contributed by atoms with E-state index in [0.717, 1.165) is 0 Å². The number of carbonyl (C=O) groups is 2. The van der Waals surface area contributed by atoms with Crippen LogP contribution < -0.4 is 5.32 Å². The molecule has 8 heteroatoms. The van der Waals surface area contributed by atoms with E-state index in [0.29, 0.717) is 26.1 Å². The number of urea groups is 1. The van der Waals surface area contributed by atoms with Gasteiger partial charge in [0.15, 0.2) is 0 Å². The lowest BCUT2D eigenvalue weighted by Crippen LogP contribution is -2.52. The largest absolute Gasteiger partial charge is 0.480 e. The lowest BCUT2D eigenvalue weighted by Gasteiger charge is -2.35. The lowest BCUT2D eigenvalue weighted by atomic mass is 9.94. The van der Waals surface area contributed by atoms with Crippen LogP contribution in [-0.4, -0.2) is 77.3 Å². The van der Waals surface area contributed by atoms with Crippen LogP contribution in [0.2, 0.25) is 0 Å². The van der Waals surface area contributed by atoms with Gasteiger partial charge in [0, 0.05) is 46.1 Å². The Hall–Kier alpha value is -1.38. The molecule has 8 nitrogen and oxygen atoms in total. The first-order valence-electron chi connectivity index (χ1n) is 6.53. The van der Waals surface area contributed by atoms with Gasteiger partial charge in [-0.3, -0.25) is 0 Å². The summed E-state index contributed by atoms with van der Waals surface area (Å²) in [4.78, 5) is 24.0. The van der Waals surface area contributed by atoms with Gasteiger partial charge >= 0.3 is 12.0 Å². The third-order valence-electron chi connectivity index (χ3n) is 3.32. The molecule has 0 bridgehead atoms. The first-order valence-corrected chi connectivity index (χ1v) is 6.53. The Morgan fingerprint density at radius 3 is 2.50 bits per heavy atom. The maximum atomic E-state index is 11.9. The summed E-state index contributed by atoms with van der Waals surface area (Å²) < 4.78 is 5.15. The summed E-state index contributed by atoms with van der Waals surface area (Å²) in [6, 6.07) is -1.73. The van der Waals surface area contributed by atoms with Gasteiger partial charge in [-0.1, -0.05) is 0 Å². The molecule has 20 heavy (non-hydrogen) atoms. The smallest absolute Gasteiger partial charge is 0.326 e. The molecule has 1 aliphatic heterocycles. The first kappa shape index (κ1) is 16.7. The van der Waals surface area contributed by atoms with Crippen molar-refractivity contribution in [3.63, 3.8) is 0 Å². The SMILES string of the molecule is CN(CC1(O)CCOCC1)C(=O)N[C@@H](CCO)C(=O)O. The van der Waals surface area contributed by atoms with Gasteiger partial charge in [-0.25, -0.2) is 9.59 Å². The van der Waals surface area contributed by atoms with Crippen molar-refractivity contribution in [3.05, 3.63) is 0 Å². The molecule has 0 saturated carbocycles. The van der Waals surface area contributed by atoms with Gasteiger partial charge in [-0.05, 0) is 0 Å². The second kappa shape index (κ2) is 7.41. The number of rotatable bonds is 6. The molecule has 1 heterocycles. The van der Waals surface area contributed by atoms with Crippen LogP contribution in [0.5, 0.6) is 0 Å². The number of likely N-dealkylation sites (N-methyl/N-ethyl adjacent to an activating group) is 1. The number of ether oxygens (including phenoxy) is 1. The highest BCUT2D eigenvalue weighted by atomic mass is 16.5. The van der Waals surface area contributed by atoms with E-state index in [1.165, 1.54) is 11.9 Å². The van der Waals surface area contributed by atoms with Crippen LogP contribution in [0.3, 0.4) is 0 Å². The van der Waals surface area contributed by atoms with Gasteiger partial charge in [0.1, 0.15) is 6.04 Å². The number of nitrogens with one attached hydrogen (secondary N) is 1. The zero-order chi connectivity index (χ0) is 15.2. The molecule has 2 amide bonds. The summed E-state index contributed by atoms with van der Waals surface area (Å²) >= 11 is 0. The highest BCUT2D eigenvalue weighted by Crippen LogP contribution is 2.21. The van der Waals surface area contributed by atoms with Crippen LogP contribution in [0, 0.1) is 0 Å². The molecule has 4 N–H and O–H groups in total. The molecule has 1 rings (SSSR count). The van der Waals surface area contributed by atoms with Crippen LogP contribution in [0.25, 0.3) is 0 Å². The van der Waals surface area contributed by atoms with E-state index in [-0.39, 0.29) is 19.6 Å². The highest BCUT2D eigenvalue weighted by molar-refractivity contribution is 5.82. The van der Waals surface area contributed by atoms with Crippen LogP contribution >= 0.6 is 0 Å². The molecule has 1 atom stereocenters. The Morgan fingerprint density at radius 1 is 1.40 bits per heavy atom.